The molecule has 6 aromatic carbocycles. The van der Waals surface area contributed by atoms with Crippen LogP contribution in [0.25, 0.3) is 88.5 Å². The number of aromatic nitrogens is 4. The quantitative estimate of drug-likeness (QED) is 0.205. The second-order valence-corrected chi connectivity index (χ2v) is 10.7. The molecule has 0 fully saturated rings. The molecule has 0 saturated heterocycles. The van der Waals surface area contributed by atoms with Gasteiger partial charge in [-0.2, -0.15) is 0 Å². The largest absolute Gasteiger partial charge is 0.456 e. The maximum atomic E-state index is 6.22. The molecule has 0 amide bonds. The van der Waals surface area contributed by atoms with E-state index in [1.54, 1.807) is 0 Å². The van der Waals surface area contributed by atoms with Gasteiger partial charge in [-0.1, -0.05) is 97.1 Å². The minimum absolute atomic E-state index is 0.598. The molecule has 3 heterocycles. The SMILES string of the molecule is c1ccc(-c2nc(-c3cccc4oc5ccccc5c34)nc(-c3cc4ccccc4c4ccc5ncccc5c34)n2)cc1. The normalized spacial score (nSPS) is 11.7. The van der Waals surface area contributed by atoms with Crippen molar-refractivity contribution in [3.63, 3.8) is 0 Å². The van der Waals surface area contributed by atoms with Crippen LogP contribution in [-0.2, 0) is 0 Å². The zero-order valence-electron chi connectivity index (χ0n) is 22.9. The Morgan fingerprint density at radius 1 is 0.442 bits per heavy atom. The lowest BCUT2D eigenvalue weighted by molar-refractivity contribution is 0.669. The van der Waals surface area contributed by atoms with Crippen molar-refractivity contribution in [1.29, 1.82) is 0 Å². The highest BCUT2D eigenvalue weighted by molar-refractivity contribution is 6.22. The summed E-state index contributed by atoms with van der Waals surface area (Å²) in [5, 5.41) is 7.61. The number of para-hydroxylation sites is 1. The van der Waals surface area contributed by atoms with Gasteiger partial charge in [-0.25, -0.2) is 15.0 Å². The molecule has 0 aliphatic heterocycles. The predicted molar refractivity (Wildman–Crippen MR) is 174 cm³/mol. The molecule has 9 aromatic rings. The summed E-state index contributed by atoms with van der Waals surface area (Å²) < 4.78 is 6.22. The third-order valence-corrected chi connectivity index (χ3v) is 8.16. The smallest absolute Gasteiger partial charge is 0.164 e. The van der Waals surface area contributed by atoms with Gasteiger partial charge in [0, 0.05) is 44.4 Å². The fourth-order valence-electron chi connectivity index (χ4n) is 6.23. The topological polar surface area (TPSA) is 64.7 Å². The lowest BCUT2D eigenvalue weighted by atomic mass is 9.94. The van der Waals surface area contributed by atoms with Gasteiger partial charge in [-0.15, -0.1) is 0 Å². The zero-order chi connectivity index (χ0) is 28.3. The Hall–Kier alpha value is -5.94. The molecule has 43 heavy (non-hydrogen) atoms. The minimum Gasteiger partial charge on any atom is -0.456 e. The third kappa shape index (κ3) is 3.72. The van der Waals surface area contributed by atoms with Gasteiger partial charge in [0.15, 0.2) is 17.5 Å². The molecular weight excluding hydrogens is 528 g/mol. The van der Waals surface area contributed by atoms with Crippen LogP contribution >= 0.6 is 0 Å². The average molecular weight is 551 g/mol. The Balaban J connectivity index is 1.42. The van der Waals surface area contributed by atoms with E-state index in [1.807, 2.05) is 72.9 Å². The number of pyridine rings is 1. The Morgan fingerprint density at radius 3 is 2.07 bits per heavy atom. The first-order chi connectivity index (χ1) is 21.3. The van der Waals surface area contributed by atoms with E-state index in [9.17, 15) is 0 Å². The van der Waals surface area contributed by atoms with E-state index in [0.717, 1.165) is 65.7 Å². The van der Waals surface area contributed by atoms with Gasteiger partial charge in [0.2, 0.25) is 0 Å². The number of rotatable bonds is 3. The summed E-state index contributed by atoms with van der Waals surface area (Å²) in [6.07, 6.45) is 1.83. The monoisotopic (exact) mass is 550 g/mol. The van der Waals surface area contributed by atoms with E-state index in [1.165, 1.54) is 5.39 Å². The minimum atomic E-state index is 0.598. The van der Waals surface area contributed by atoms with Crippen LogP contribution < -0.4 is 0 Å². The second-order valence-electron chi connectivity index (χ2n) is 10.7. The van der Waals surface area contributed by atoms with Gasteiger partial charge in [0.1, 0.15) is 11.2 Å². The first-order valence-corrected chi connectivity index (χ1v) is 14.2. The van der Waals surface area contributed by atoms with Gasteiger partial charge >= 0.3 is 0 Å². The zero-order valence-corrected chi connectivity index (χ0v) is 22.9. The summed E-state index contributed by atoms with van der Waals surface area (Å²) in [6, 6.07) is 43.3. The Morgan fingerprint density at radius 2 is 1.16 bits per heavy atom. The van der Waals surface area contributed by atoms with E-state index >= 15 is 0 Å². The van der Waals surface area contributed by atoms with E-state index in [2.05, 4.69) is 65.6 Å². The molecule has 5 heteroatoms. The second kappa shape index (κ2) is 9.29. The summed E-state index contributed by atoms with van der Waals surface area (Å²) in [5.74, 6) is 1.83. The van der Waals surface area contributed by atoms with Crippen molar-refractivity contribution in [2.24, 2.45) is 0 Å². The average Bonchev–Trinajstić information content (AvgIpc) is 3.47. The van der Waals surface area contributed by atoms with Gasteiger partial charge in [-0.05, 0) is 46.5 Å². The van der Waals surface area contributed by atoms with Gasteiger partial charge in [0.05, 0.1) is 5.52 Å². The van der Waals surface area contributed by atoms with Crippen LogP contribution in [0.1, 0.15) is 0 Å². The van der Waals surface area contributed by atoms with Crippen molar-refractivity contribution in [3.8, 4) is 34.2 Å². The summed E-state index contributed by atoms with van der Waals surface area (Å²) >= 11 is 0. The van der Waals surface area contributed by atoms with Gasteiger partial charge in [-0.3, -0.25) is 4.98 Å². The van der Waals surface area contributed by atoms with Crippen molar-refractivity contribution >= 4 is 54.4 Å². The molecule has 3 aromatic heterocycles. The molecule has 0 atom stereocenters. The summed E-state index contributed by atoms with van der Waals surface area (Å²) in [7, 11) is 0. The highest BCUT2D eigenvalue weighted by atomic mass is 16.3. The Kier molecular flexibility index (Phi) is 5.13. The molecule has 0 aliphatic rings. The first kappa shape index (κ1) is 23.7. The molecule has 5 nitrogen and oxygen atoms in total. The number of furan rings is 1. The first-order valence-electron chi connectivity index (χ1n) is 14.2. The lowest BCUT2D eigenvalue weighted by Crippen LogP contribution is -2.01. The van der Waals surface area contributed by atoms with Gasteiger partial charge < -0.3 is 4.42 Å². The Labute approximate surface area is 246 Å². The molecule has 0 bridgehead atoms. The molecule has 200 valence electrons. The molecule has 0 aliphatic carbocycles. The maximum Gasteiger partial charge on any atom is 0.164 e. The standard InChI is InChI=1S/C38H22N4O/c1-2-10-23(11-3-1)36-40-37(29-15-8-18-33-35(29)28-14-6-7-17-32(28)43-33)42-38(41-36)30-22-24-12-4-5-13-25(24)26-19-20-31-27(34(26)30)16-9-21-39-31/h1-22H. The highest BCUT2D eigenvalue weighted by Gasteiger charge is 2.20. The molecule has 9 rings (SSSR count). The van der Waals surface area contributed by atoms with E-state index < -0.39 is 0 Å². The number of hydrogen-bond acceptors (Lipinski definition) is 5. The van der Waals surface area contributed by atoms with Gasteiger partial charge in [0.25, 0.3) is 0 Å². The van der Waals surface area contributed by atoms with E-state index in [4.69, 9.17) is 19.4 Å². The van der Waals surface area contributed by atoms with E-state index in [0.29, 0.717) is 17.5 Å². The van der Waals surface area contributed by atoms with Crippen molar-refractivity contribution in [2.75, 3.05) is 0 Å². The molecular formula is C38H22N4O. The van der Waals surface area contributed by atoms with Crippen LogP contribution in [-0.4, -0.2) is 19.9 Å². The van der Waals surface area contributed by atoms with E-state index in [-0.39, 0.29) is 0 Å². The van der Waals surface area contributed by atoms with Crippen LogP contribution in [0.5, 0.6) is 0 Å². The number of fused-ring (bicyclic) bond motifs is 8. The van der Waals surface area contributed by atoms with Crippen molar-refractivity contribution < 1.29 is 4.42 Å². The number of benzene rings is 6. The van der Waals surface area contributed by atoms with Crippen LogP contribution in [0.2, 0.25) is 0 Å². The highest BCUT2D eigenvalue weighted by Crippen LogP contribution is 2.40. The number of hydrogen-bond donors (Lipinski definition) is 0. The third-order valence-electron chi connectivity index (χ3n) is 8.16. The van der Waals surface area contributed by atoms with Crippen molar-refractivity contribution in [3.05, 3.63) is 134 Å². The van der Waals surface area contributed by atoms with Crippen LogP contribution in [0, 0.1) is 0 Å². The molecule has 0 saturated carbocycles. The fraction of sp³-hybridized carbons (Fsp3) is 0. The summed E-state index contributed by atoms with van der Waals surface area (Å²) in [5.41, 5.74) is 5.33. The fourth-order valence-corrected chi connectivity index (χ4v) is 6.23. The van der Waals surface area contributed by atoms with Crippen molar-refractivity contribution in [2.45, 2.75) is 0 Å². The molecule has 0 N–H and O–H groups in total. The van der Waals surface area contributed by atoms with Crippen LogP contribution in [0.15, 0.2) is 138 Å². The summed E-state index contributed by atoms with van der Waals surface area (Å²) in [6.45, 7) is 0. The maximum absolute atomic E-state index is 6.22. The Bertz CT molecular complexity index is 2520. The van der Waals surface area contributed by atoms with Crippen LogP contribution in [0.3, 0.4) is 0 Å². The van der Waals surface area contributed by atoms with Crippen LogP contribution in [0.4, 0.5) is 0 Å². The predicted octanol–water partition coefficient (Wildman–Crippen LogP) is 9.63. The number of nitrogens with zero attached hydrogens (tertiary/aromatic N) is 4. The molecule has 0 radical (unpaired) electrons. The molecule has 0 spiro atoms. The summed E-state index contributed by atoms with van der Waals surface area (Å²) in [4.78, 5) is 20.1. The lowest BCUT2D eigenvalue weighted by Gasteiger charge is -2.14. The van der Waals surface area contributed by atoms with Crippen molar-refractivity contribution in [1.82, 2.24) is 19.9 Å². The molecule has 0 unspecified atom stereocenters.